The predicted octanol–water partition coefficient (Wildman–Crippen LogP) is 4.16. The molecule has 0 radical (unpaired) electrons. The molecule has 0 amide bonds. The van der Waals surface area contributed by atoms with Crippen LogP contribution in [0.15, 0.2) is 42.0 Å². The topological polar surface area (TPSA) is 38.2 Å². The number of anilines is 1. The number of aromatic nitrogens is 2. The lowest BCUT2D eigenvalue weighted by Gasteiger charge is -2.34. The van der Waals surface area contributed by atoms with Gasteiger partial charge < -0.3 is 9.64 Å². The quantitative estimate of drug-likeness (QED) is 0.715. The molecule has 1 aliphatic rings. The average Bonchev–Trinajstić information content (AvgIpc) is 3.11. The molecule has 0 saturated carbocycles. The summed E-state index contributed by atoms with van der Waals surface area (Å²) in [6.07, 6.45) is 5.30. The number of rotatable bonds is 4. The van der Waals surface area contributed by atoms with Crippen LogP contribution >= 0.6 is 11.3 Å². The molecule has 5 heteroatoms. The molecule has 1 unspecified atom stereocenters. The van der Waals surface area contributed by atoms with Crippen LogP contribution in [-0.4, -0.2) is 30.2 Å². The van der Waals surface area contributed by atoms with Crippen molar-refractivity contribution in [3.05, 3.63) is 47.6 Å². The van der Waals surface area contributed by atoms with Crippen molar-refractivity contribution < 1.29 is 4.74 Å². The van der Waals surface area contributed by atoms with Crippen LogP contribution in [0.3, 0.4) is 0 Å². The van der Waals surface area contributed by atoms with Crippen molar-refractivity contribution in [2.45, 2.75) is 19.3 Å². The van der Waals surface area contributed by atoms with Gasteiger partial charge in [0.05, 0.1) is 12.5 Å². The SMILES string of the molecule is COc1ccc(CC2CCCN(c3ncnc4sccc34)C2)cc1. The van der Waals surface area contributed by atoms with Crippen LogP contribution in [0.5, 0.6) is 5.75 Å². The summed E-state index contributed by atoms with van der Waals surface area (Å²) in [5, 5.41) is 3.29. The Hall–Kier alpha value is -2.14. The van der Waals surface area contributed by atoms with E-state index in [1.165, 1.54) is 23.8 Å². The van der Waals surface area contributed by atoms with Crippen molar-refractivity contribution in [3.63, 3.8) is 0 Å². The lowest BCUT2D eigenvalue weighted by Crippen LogP contribution is -2.36. The van der Waals surface area contributed by atoms with E-state index in [0.717, 1.165) is 35.9 Å². The number of hydrogen-bond acceptors (Lipinski definition) is 5. The molecule has 4 rings (SSSR count). The molecule has 3 aromatic rings. The standard InChI is InChI=1S/C19H21N3OS/c1-23-16-6-4-14(5-7-16)11-15-3-2-9-22(12-15)18-17-8-10-24-19(17)21-13-20-18/h4-8,10,13,15H,2-3,9,11-12H2,1H3. The molecule has 0 spiro atoms. The highest BCUT2D eigenvalue weighted by molar-refractivity contribution is 7.16. The normalized spacial score (nSPS) is 18.0. The van der Waals surface area contributed by atoms with Gasteiger partial charge in [-0.2, -0.15) is 0 Å². The summed E-state index contributed by atoms with van der Waals surface area (Å²) in [5.74, 6) is 2.68. The lowest BCUT2D eigenvalue weighted by molar-refractivity contribution is 0.408. The summed E-state index contributed by atoms with van der Waals surface area (Å²) in [6.45, 7) is 2.15. The number of fused-ring (bicyclic) bond motifs is 1. The van der Waals surface area contributed by atoms with Gasteiger partial charge in [0.15, 0.2) is 0 Å². The van der Waals surface area contributed by atoms with E-state index in [0.29, 0.717) is 5.92 Å². The summed E-state index contributed by atoms with van der Waals surface area (Å²) >= 11 is 1.68. The van der Waals surface area contributed by atoms with Crippen LogP contribution in [0.1, 0.15) is 18.4 Å². The van der Waals surface area contributed by atoms with E-state index in [-0.39, 0.29) is 0 Å². The maximum atomic E-state index is 5.25. The number of hydrogen-bond donors (Lipinski definition) is 0. The van der Waals surface area contributed by atoms with Crippen molar-refractivity contribution in [3.8, 4) is 5.75 Å². The largest absolute Gasteiger partial charge is 0.497 e. The molecule has 1 aromatic carbocycles. The Bertz CT molecular complexity index is 815. The first kappa shape index (κ1) is 15.4. The molecule has 4 nitrogen and oxygen atoms in total. The average molecular weight is 339 g/mol. The molecule has 1 fully saturated rings. The van der Waals surface area contributed by atoms with Gasteiger partial charge in [0.1, 0.15) is 22.7 Å². The van der Waals surface area contributed by atoms with Gasteiger partial charge >= 0.3 is 0 Å². The van der Waals surface area contributed by atoms with Crippen LogP contribution in [0.2, 0.25) is 0 Å². The minimum atomic E-state index is 0.663. The first-order valence-corrected chi connectivity index (χ1v) is 9.27. The molecular weight excluding hydrogens is 318 g/mol. The molecule has 124 valence electrons. The van der Waals surface area contributed by atoms with Crippen LogP contribution in [0, 0.1) is 5.92 Å². The predicted molar refractivity (Wildman–Crippen MR) is 99.1 cm³/mol. The molecular formula is C19H21N3OS. The Balaban J connectivity index is 1.50. The van der Waals surface area contributed by atoms with Gasteiger partial charge in [-0.05, 0) is 54.3 Å². The maximum absolute atomic E-state index is 5.25. The minimum absolute atomic E-state index is 0.663. The third-order valence-electron chi connectivity index (χ3n) is 4.74. The van der Waals surface area contributed by atoms with E-state index in [4.69, 9.17) is 4.74 Å². The molecule has 0 aliphatic carbocycles. The smallest absolute Gasteiger partial charge is 0.140 e. The summed E-state index contributed by atoms with van der Waals surface area (Å²) < 4.78 is 5.25. The van der Waals surface area contributed by atoms with Crippen molar-refractivity contribution >= 4 is 27.4 Å². The third kappa shape index (κ3) is 3.08. The van der Waals surface area contributed by atoms with Gasteiger partial charge in [-0.1, -0.05) is 12.1 Å². The van der Waals surface area contributed by atoms with E-state index < -0.39 is 0 Å². The van der Waals surface area contributed by atoms with Crippen LogP contribution in [-0.2, 0) is 6.42 Å². The second-order valence-corrected chi connectivity index (χ2v) is 7.24. The molecule has 2 aromatic heterocycles. The van der Waals surface area contributed by atoms with Crippen molar-refractivity contribution in [1.82, 2.24) is 9.97 Å². The van der Waals surface area contributed by atoms with Gasteiger partial charge in [0.25, 0.3) is 0 Å². The molecule has 1 aliphatic heterocycles. The first-order chi connectivity index (χ1) is 11.8. The Labute approximate surface area is 146 Å². The van der Waals surface area contributed by atoms with Gasteiger partial charge in [0, 0.05) is 13.1 Å². The zero-order valence-corrected chi connectivity index (χ0v) is 14.6. The highest BCUT2D eigenvalue weighted by Crippen LogP contribution is 2.31. The van der Waals surface area contributed by atoms with Crippen LogP contribution in [0.25, 0.3) is 10.2 Å². The van der Waals surface area contributed by atoms with Gasteiger partial charge in [-0.3, -0.25) is 0 Å². The number of methoxy groups -OCH3 is 1. The third-order valence-corrected chi connectivity index (χ3v) is 5.56. The Morgan fingerprint density at radius 2 is 2.08 bits per heavy atom. The van der Waals surface area contributed by atoms with E-state index in [1.54, 1.807) is 24.8 Å². The summed E-state index contributed by atoms with van der Waals surface area (Å²) in [4.78, 5) is 12.5. The zero-order chi connectivity index (χ0) is 16.4. The van der Waals surface area contributed by atoms with Crippen LogP contribution < -0.4 is 9.64 Å². The summed E-state index contributed by atoms with van der Waals surface area (Å²) in [6, 6.07) is 10.6. The number of benzene rings is 1. The number of thiophene rings is 1. The molecule has 0 bridgehead atoms. The van der Waals surface area contributed by atoms with Gasteiger partial charge in [0.2, 0.25) is 0 Å². The number of ether oxygens (including phenoxy) is 1. The van der Waals surface area contributed by atoms with E-state index in [1.807, 2.05) is 0 Å². The monoisotopic (exact) mass is 339 g/mol. The fourth-order valence-corrected chi connectivity index (χ4v) is 4.28. The van der Waals surface area contributed by atoms with Crippen molar-refractivity contribution in [2.75, 3.05) is 25.1 Å². The fourth-order valence-electron chi connectivity index (χ4n) is 3.55. The van der Waals surface area contributed by atoms with Gasteiger partial charge in [-0.15, -0.1) is 11.3 Å². The highest BCUT2D eigenvalue weighted by Gasteiger charge is 2.23. The number of nitrogens with zero attached hydrogens (tertiary/aromatic N) is 3. The Morgan fingerprint density at radius 3 is 2.92 bits per heavy atom. The second-order valence-electron chi connectivity index (χ2n) is 6.34. The minimum Gasteiger partial charge on any atom is -0.497 e. The maximum Gasteiger partial charge on any atom is 0.140 e. The fraction of sp³-hybridized carbons (Fsp3) is 0.368. The molecule has 3 heterocycles. The number of piperidine rings is 1. The van der Waals surface area contributed by atoms with Crippen molar-refractivity contribution in [1.29, 1.82) is 0 Å². The zero-order valence-electron chi connectivity index (χ0n) is 13.8. The summed E-state index contributed by atoms with van der Waals surface area (Å²) in [7, 11) is 1.71. The van der Waals surface area contributed by atoms with E-state index in [9.17, 15) is 0 Å². The second kappa shape index (κ2) is 6.77. The molecule has 1 saturated heterocycles. The van der Waals surface area contributed by atoms with E-state index >= 15 is 0 Å². The molecule has 24 heavy (non-hydrogen) atoms. The van der Waals surface area contributed by atoms with Crippen LogP contribution in [0.4, 0.5) is 5.82 Å². The lowest BCUT2D eigenvalue weighted by atomic mass is 9.91. The van der Waals surface area contributed by atoms with Crippen molar-refractivity contribution in [2.24, 2.45) is 5.92 Å². The Morgan fingerprint density at radius 1 is 1.21 bits per heavy atom. The molecule has 0 N–H and O–H groups in total. The van der Waals surface area contributed by atoms with Gasteiger partial charge in [-0.25, -0.2) is 9.97 Å². The first-order valence-electron chi connectivity index (χ1n) is 8.39. The highest BCUT2D eigenvalue weighted by atomic mass is 32.1. The molecule has 1 atom stereocenters. The summed E-state index contributed by atoms with van der Waals surface area (Å²) in [5.41, 5.74) is 1.38. The van der Waals surface area contributed by atoms with E-state index in [2.05, 4.69) is 50.6 Å². The Kier molecular flexibility index (Phi) is 4.34.